The molecule has 0 spiro atoms. The molecular formula is C14H12ClN3. The molecule has 0 bridgehead atoms. The number of anilines is 2. The van der Waals surface area contributed by atoms with Gasteiger partial charge in [0.05, 0.1) is 17.9 Å². The minimum absolute atomic E-state index is 0.640. The molecule has 0 aliphatic heterocycles. The highest BCUT2D eigenvalue weighted by Crippen LogP contribution is 2.23. The fourth-order valence-corrected chi connectivity index (χ4v) is 1.74. The van der Waals surface area contributed by atoms with Crippen LogP contribution in [0.3, 0.4) is 0 Å². The summed E-state index contributed by atoms with van der Waals surface area (Å²) in [5.74, 6) is 0. The summed E-state index contributed by atoms with van der Waals surface area (Å²) in [7, 11) is 0. The minimum atomic E-state index is 0.640. The van der Waals surface area contributed by atoms with Gasteiger partial charge in [0.15, 0.2) is 5.69 Å². The largest absolute Gasteiger partial charge is 0.397 e. The average molecular weight is 258 g/mol. The summed E-state index contributed by atoms with van der Waals surface area (Å²) < 4.78 is 0. The monoisotopic (exact) mass is 257 g/mol. The molecule has 0 aromatic heterocycles. The van der Waals surface area contributed by atoms with E-state index in [1.54, 1.807) is 30.3 Å². The lowest BCUT2D eigenvalue weighted by molar-refractivity contribution is 1.15. The first kappa shape index (κ1) is 12.3. The van der Waals surface area contributed by atoms with E-state index in [4.69, 9.17) is 23.9 Å². The molecule has 0 aliphatic rings. The van der Waals surface area contributed by atoms with Gasteiger partial charge in [-0.3, -0.25) is 0 Å². The molecule has 0 saturated carbocycles. The fraction of sp³-hybridized carbons (Fsp3) is 0.0714. The molecule has 90 valence electrons. The van der Waals surface area contributed by atoms with E-state index in [0.717, 1.165) is 11.3 Å². The van der Waals surface area contributed by atoms with Gasteiger partial charge in [0, 0.05) is 11.6 Å². The highest BCUT2D eigenvalue weighted by molar-refractivity contribution is 6.31. The van der Waals surface area contributed by atoms with Crippen LogP contribution in [0.2, 0.25) is 5.02 Å². The van der Waals surface area contributed by atoms with Crippen molar-refractivity contribution in [2.45, 2.75) is 6.54 Å². The number of hydrogen-bond acceptors (Lipinski definition) is 2. The zero-order valence-corrected chi connectivity index (χ0v) is 10.4. The van der Waals surface area contributed by atoms with Gasteiger partial charge in [0.2, 0.25) is 0 Å². The average Bonchev–Trinajstić information content (AvgIpc) is 2.40. The Bertz CT molecular complexity index is 585. The van der Waals surface area contributed by atoms with Gasteiger partial charge >= 0.3 is 0 Å². The zero-order valence-electron chi connectivity index (χ0n) is 9.65. The van der Waals surface area contributed by atoms with E-state index in [1.807, 2.05) is 12.1 Å². The van der Waals surface area contributed by atoms with Crippen LogP contribution in [0.5, 0.6) is 0 Å². The highest BCUT2D eigenvalue weighted by Gasteiger charge is 2.00. The molecule has 2 aromatic carbocycles. The molecule has 0 radical (unpaired) electrons. The minimum Gasteiger partial charge on any atom is -0.397 e. The first-order valence-electron chi connectivity index (χ1n) is 5.44. The molecule has 3 N–H and O–H groups in total. The van der Waals surface area contributed by atoms with Crippen LogP contribution in [-0.2, 0) is 6.54 Å². The van der Waals surface area contributed by atoms with E-state index < -0.39 is 0 Å². The van der Waals surface area contributed by atoms with E-state index in [-0.39, 0.29) is 0 Å². The van der Waals surface area contributed by atoms with E-state index in [1.165, 1.54) is 0 Å². The summed E-state index contributed by atoms with van der Waals surface area (Å²) in [6.45, 7) is 7.52. The Hall–Kier alpha value is -2.18. The summed E-state index contributed by atoms with van der Waals surface area (Å²) >= 11 is 5.91. The molecule has 3 nitrogen and oxygen atoms in total. The SMILES string of the molecule is [C-]#[N+]c1ccc(CNc2cc(Cl)ccc2N)cc1. The predicted molar refractivity (Wildman–Crippen MR) is 75.9 cm³/mol. The van der Waals surface area contributed by atoms with E-state index in [9.17, 15) is 0 Å². The number of benzene rings is 2. The Balaban J connectivity index is 2.07. The van der Waals surface area contributed by atoms with Crippen molar-refractivity contribution >= 4 is 28.7 Å². The van der Waals surface area contributed by atoms with Gasteiger partial charge < -0.3 is 11.1 Å². The number of nitrogens with one attached hydrogen (secondary N) is 1. The lowest BCUT2D eigenvalue weighted by atomic mass is 10.2. The third-order valence-electron chi connectivity index (χ3n) is 2.56. The third-order valence-corrected chi connectivity index (χ3v) is 2.80. The first-order chi connectivity index (χ1) is 8.69. The van der Waals surface area contributed by atoms with Crippen LogP contribution in [-0.4, -0.2) is 0 Å². The number of halogens is 1. The number of rotatable bonds is 3. The van der Waals surface area contributed by atoms with Gasteiger partial charge in [0.25, 0.3) is 0 Å². The van der Waals surface area contributed by atoms with Crippen LogP contribution in [0.25, 0.3) is 4.85 Å². The van der Waals surface area contributed by atoms with Crippen molar-refractivity contribution < 1.29 is 0 Å². The second kappa shape index (κ2) is 5.44. The highest BCUT2D eigenvalue weighted by atomic mass is 35.5. The third kappa shape index (κ3) is 2.93. The Morgan fingerprint density at radius 1 is 1.17 bits per heavy atom. The van der Waals surface area contributed by atoms with Crippen LogP contribution in [0.1, 0.15) is 5.56 Å². The van der Waals surface area contributed by atoms with Gasteiger partial charge in [-0.1, -0.05) is 35.9 Å². The molecule has 0 aliphatic carbocycles. The maximum absolute atomic E-state index is 6.88. The molecule has 18 heavy (non-hydrogen) atoms. The van der Waals surface area contributed by atoms with Crippen molar-refractivity contribution in [3.05, 3.63) is 64.5 Å². The molecule has 4 heteroatoms. The van der Waals surface area contributed by atoms with Gasteiger partial charge in [-0.15, -0.1) is 0 Å². The molecule has 2 aromatic rings. The maximum atomic E-state index is 6.88. The van der Waals surface area contributed by atoms with Crippen molar-refractivity contribution in [1.82, 2.24) is 0 Å². The zero-order chi connectivity index (χ0) is 13.0. The van der Waals surface area contributed by atoms with Crippen molar-refractivity contribution in [1.29, 1.82) is 0 Å². The van der Waals surface area contributed by atoms with Crippen molar-refractivity contribution in [2.75, 3.05) is 11.1 Å². The van der Waals surface area contributed by atoms with Crippen LogP contribution in [0, 0.1) is 6.57 Å². The van der Waals surface area contributed by atoms with Gasteiger partial charge in [-0.05, 0) is 23.8 Å². The summed E-state index contributed by atoms with van der Waals surface area (Å²) in [6, 6.07) is 12.8. The Kier molecular flexibility index (Phi) is 3.71. The second-order valence-electron chi connectivity index (χ2n) is 3.86. The maximum Gasteiger partial charge on any atom is 0.187 e. The quantitative estimate of drug-likeness (QED) is 0.643. The standard InChI is InChI=1S/C14H12ClN3/c1-17-12-5-2-10(3-6-12)9-18-14-8-11(15)4-7-13(14)16/h2-8,18H,9,16H2. The molecule has 0 fully saturated rings. The van der Waals surface area contributed by atoms with Crippen molar-refractivity contribution in [2.24, 2.45) is 0 Å². The second-order valence-corrected chi connectivity index (χ2v) is 4.30. The van der Waals surface area contributed by atoms with Crippen LogP contribution in [0.4, 0.5) is 17.1 Å². The Labute approximate surface area is 111 Å². The molecule has 0 unspecified atom stereocenters. The summed E-state index contributed by atoms with van der Waals surface area (Å²) in [5.41, 5.74) is 9.04. The smallest absolute Gasteiger partial charge is 0.187 e. The number of nitrogen functional groups attached to an aromatic ring is 1. The van der Waals surface area contributed by atoms with E-state index >= 15 is 0 Å². The van der Waals surface area contributed by atoms with Crippen molar-refractivity contribution in [3.8, 4) is 0 Å². The van der Waals surface area contributed by atoms with Crippen LogP contribution < -0.4 is 11.1 Å². The molecule has 0 saturated heterocycles. The van der Waals surface area contributed by atoms with Gasteiger partial charge in [-0.25, -0.2) is 4.85 Å². The fourth-order valence-electron chi connectivity index (χ4n) is 1.57. The molecule has 0 atom stereocenters. The summed E-state index contributed by atoms with van der Waals surface area (Å²) in [5, 5.41) is 3.87. The van der Waals surface area contributed by atoms with Crippen molar-refractivity contribution in [3.63, 3.8) is 0 Å². The number of nitrogens with two attached hydrogens (primary N) is 1. The molecule has 0 amide bonds. The molecule has 0 heterocycles. The normalized spacial score (nSPS) is 9.78. The predicted octanol–water partition coefficient (Wildman–Crippen LogP) is 4.09. The van der Waals surface area contributed by atoms with Crippen LogP contribution >= 0.6 is 11.6 Å². The molecule has 2 rings (SSSR count). The first-order valence-corrected chi connectivity index (χ1v) is 5.82. The van der Waals surface area contributed by atoms with Gasteiger partial charge in [-0.2, -0.15) is 0 Å². The topological polar surface area (TPSA) is 42.4 Å². The Morgan fingerprint density at radius 3 is 2.56 bits per heavy atom. The Morgan fingerprint density at radius 2 is 1.89 bits per heavy atom. The number of hydrogen-bond donors (Lipinski definition) is 2. The molecular weight excluding hydrogens is 246 g/mol. The van der Waals surface area contributed by atoms with Gasteiger partial charge in [0.1, 0.15) is 0 Å². The lowest BCUT2D eigenvalue weighted by Crippen LogP contribution is -2.02. The number of nitrogens with zero attached hydrogens (tertiary/aromatic N) is 1. The lowest BCUT2D eigenvalue weighted by Gasteiger charge is -2.09. The summed E-state index contributed by atoms with van der Waals surface area (Å²) in [4.78, 5) is 3.35. The van der Waals surface area contributed by atoms with E-state index in [0.29, 0.717) is 22.9 Å². The van der Waals surface area contributed by atoms with Crippen LogP contribution in [0.15, 0.2) is 42.5 Å². The van der Waals surface area contributed by atoms with E-state index in [2.05, 4.69) is 10.2 Å². The summed E-state index contributed by atoms with van der Waals surface area (Å²) in [6.07, 6.45) is 0.